The van der Waals surface area contributed by atoms with Crippen LogP contribution in [0.1, 0.15) is 37.9 Å². The molecule has 2 aliphatic rings. The Bertz CT molecular complexity index is 1740. The maximum absolute atomic E-state index is 14.0. The number of aromatic nitrogens is 7. The first kappa shape index (κ1) is 21.2. The van der Waals surface area contributed by atoms with Crippen molar-refractivity contribution in [2.75, 3.05) is 0 Å². The summed E-state index contributed by atoms with van der Waals surface area (Å²) in [4.78, 5) is 4.61. The van der Waals surface area contributed by atoms with Crippen LogP contribution in [0.4, 0.5) is 13.2 Å². The van der Waals surface area contributed by atoms with Gasteiger partial charge in [0.05, 0.1) is 5.39 Å². The third-order valence-corrected chi connectivity index (χ3v) is 7.08. The highest BCUT2D eigenvalue weighted by Crippen LogP contribution is 2.42. The van der Waals surface area contributed by atoms with E-state index in [1.54, 1.807) is 11.6 Å². The zero-order chi connectivity index (χ0) is 25.2. The SMILES string of the molecule is Cc1nc2n(n1)C1(n3nc(C(F)(F)F)cc3-c3c4ccc(C(C)(C)C)cc4cc[n+]31)[n+]1ccccc1-2. The third kappa shape index (κ3) is 2.46. The summed E-state index contributed by atoms with van der Waals surface area (Å²) in [5, 5.41) is 10.6. The first-order chi connectivity index (χ1) is 17.0. The fourth-order valence-corrected chi connectivity index (χ4v) is 5.46. The van der Waals surface area contributed by atoms with Gasteiger partial charge in [0.1, 0.15) is 5.82 Å². The quantitative estimate of drug-likeness (QED) is 0.303. The number of nitrogens with zero attached hydrogens (tertiary/aromatic N) is 7. The molecule has 1 aromatic carbocycles. The van der Waals surface area contributed by atoms with E-state index in [-0.39, 0.29) is 5.41 Å². The second kappa shape index (κ2) is 6.37. The molecule has 1 atom stereocenters. The lowest BCUT2D eigenvalue weighted by Gasteiger charge is -2.19. The molecule has 0 N–H and O–H groups in total. The number of fused-ring (bicyclic) bond motifs is 12. The second-order valence-electron chi connectivity index (χ2n) is 10.4. The number of rotatable bonds is 0. The summed E-state index contributed by atoms with van der Waals surface area (Å²) in [5.41, 5.74) is 1.86. The van der Waals surface area contributed by atoms with Crippen LogP contribution in [0.5, 0.6) is 0 Å². The number of benzene rings is 1. The van der Waals surface area contributed by atoms with Crippen LogP contribution in [0.3, 0.4) is 0 Å². The summed E-state index contributed by atoms with van der Waals surface area (Å²) < 4.78 is 48.8. The number of hydrogen-bond acceptors (Lipinski definition) is 3. The van der Waals surface area contributed by atoms with Crippen molar-refractivity contribution in [2.45, 2.75) is 45.2 Å². The summed E-state index contributed by atoms with van der Waals surface area (Å²) in [6, 6.07) is 14.9. The molecule has 0 saturated heterocycles. The Balaban J connectivity index is 1.65. The molecule has 7 rings (SSSR count). The molecule has 0 bridgehead atoms. The minimum atomic E-state index is -4.60. The molecule has 1 unspecified atom stereocenters. The van der Waals surface area contributed by atoms with Crippen LogP contribution in [0.15, 0.2) is 60.9 Å². The Morgan fingerprint density at radius 3 is 2.44 bits per heavy atom. The Morgan fingerprint density at radius 1 is 0.889 bits per heavy atom. The van der Waals surface area contributed by atoms with Gasteiger partial charge in [-0.3, -0.25) is 0 Å². The molecule has 6 heterocycles. The summed E-state index contributed by atoms with van der Waals surface area (Å²) in [6.45, 7) is 8.18. The first-order valence-electron chi connectivity index (χ1n) is 11.6. The standard InChI is InChI=1S/C26H22F3N7/c1-15-30-23-19-7-5-6-11-33(19)26(36(23)31-15)34-12-10-16-13-17(24(2,3)4)8-9-18(16)22(34)20-14-21(25(27,28)29)32-35(20)26/h5-14H,1-4H3/q+2. The van der Waals surface area contributed by atoms with E-state index in [0.29, 0.717) is 23.0 Å². The van der Waals surface area contributed by atoms with Gasteiger partial charge in [-0.1, -0.05) is 46.7 Å². The largest absolute Gasteiger partial charge is 0.584 e. The molecule has 0 radical (unpaired) electrons. The van der Waals surface area contributed by atoms with Gasteiger partial charge < -0.3 is 0 Å². The molecule has 4 aromatic heterocycles. The van der Waals surface area contributed by atoms with Crippen molar-refractivity contribution in [3.05, 3.63) is 78.0 Å². The van der Waals surface area contributed by atoms with Crippen molar-refractivity contribution in [3.63, 3.8) is 0 Å². The second-order valence-corrected chi connectivity index (χ2v) is 10.4. The normalized spacial score (nSPS) is 18.0. The predicted octanol–water partition coefficient (Wildman–Crippen LogP) is 4.00. The minimum Gasteiger partial charge on any atom is -0.206 e. The van der Waals surface area contributed by atoms with E-state index >= 15 is 0 Å². The van der Waals surface area contributed by atoms with Crippen LogP contribution in [-0.2, 0) is 17.5 Å². The molecule has 0 fully saturated rings. The molecular formula is C26H22F3N7+2. The molecule has 7 nitrogen and oxygen atoms in total. The van der Waals surface area contributed by atoms with Crippen LogP contribution >= 0.6 is 0 Å². The maximum Gasteiger partial charge on any atom is 0.584 e. The van der Waals surface area contributed by atoms with Gasteiger partial charge in [-0.25, -0.2) is 4.98 Å². The lowest BCUT2D eigenvalue weighted by Crippen LogP contribution is -2.77. The van der Waals surface area contributed by atoms with Gasteiger partial charge in [0.2, 0.25) is 11.5 Å². The molecule has 0 saturated carbocycles. The van der Waals surface area contributed by atoms with Gasteiger partial charge in [-0.15, -0.1) is 9.78 Å². The number of aryl methyl sites for hydroxylation is 1. The molecule has 180 valence electrons. The smallest absolute Gasteiger partial charge is 0.206 e. The molecule has 10 heteroatoms. The van der Waals surface area contributed by atoms with E-state index < -0.39 is 17.8 Å². The van der Waals surface area contributed by atoms with Crippen molar-refractivity contribution in [1.29, 1.82) is 0 Å². The fraction of sp³-hybridized carbons (Fsp3) is 0.269. The number of halogens is 3. The maximum atomic E-state index is 14.0. The molecule has 5 aromatic rings. The van der Waals surface area contributed by atoms with Gasteiger partial charge in [0.15, 0.2) is 23.8 Å². The highest BCUT2D eigenvalue weighted by atomic mass is 19.4. The predicted molar refractivity (Wildman–Crippen MR) is 124 cm³/mol. The molecular weight excluding hydrogens is 467 g/mol. The van der Waals surface area contributed by atoms with E-state index in [1.807, 2.05) is 57.9 Å². The van der Waals surface area contributed by atoms with Crippen molar-refractivity contribution in [2.24, 2.45) is 0 Å². The van der Waals surface area contributed by atoms with E-state index in [0.717, 1.165) is 28.1 Å². The third-order valence-electron chi connectivity index (χ3n) is 7.08. The summed E-state index contributed by atoms with van der Waals surface area (Å²) in [6.07, 6.45) is -0.867. The van der Waals surface area contributed by atoms with Crippen LogP contribution in [0.25, 0.3) is 33.7 Å². The lowest BCUT2D eigenvalue weighted by molar-refractivity contribution is -0.990. The number of hydrogen-bond donors (Lipinski definition) is 0. The number of pyridine rings is 2. The molecule has 0 amide bonds. The van der Waals surface area contributed by atoms with Crippen molar-refractivity contribution in [1.82, 2.24) is 24.5 Å². The van der Waals surface area contributed by atoms with E-state index in [1.165, 1.54) is 4.68 Å². The Kier molecular flexibility index (Phi) is 3.76. The highest BCUT2D eigenvalue weighted by molar-refractivity contribution is 5.93. The summed E-state index contributed by atoms with van der Waals surface area (Å²) in [7, 11) is 0. The van der Waals surface area contributed by atoms with E-state index in [2.05, 4.69) is 42.0 Å². The summed E-state index contributed by atoms with van der Waals surface area (Å²) in [5.74, 6) is -0.279. The monoisotopic (exact) mass is 489 g/mol. The number of alkyl halides is 3. The topological polar surface area (TPSA) is 56.3 Å². The zero-order valence-electron chi connectivity index (χ0n) is 20.0. The molecule has 1 spiro atoms. The highest BCUT2D eigenvalue weighted by Gasteiger charge is 2.71. The molecule has 0 aliphatic carbocycles. The minimum absolute atomic E-state index is 0.0692. The van der Waals surface area contributed by atoms with Crippen molar-refractivity contribution < 1.29 is 22.3 Å². The van der Waals surface area contributed by atoms with Gasteiger partial charge in [-0.2, -0.15) is 18.3 Å². The van der Waals surface area contributed by atoms with Gasteiger partial charge in [0, 0.05) is 24.3 Å². The van der Waals surface area contributed by atoms with Gasteiger partial charge in [-0.05, 0) is 35.4 Å². The fourth-order valence-electron chi connectivity index (χ4n) is 5.46. The van der Waals surface area contributed by atoms with Crippen LogP contribution in [0, 0.1) is 6.92 Å². The average molecular weight is 490 g/mol. The first-order valence-corrected chi connectivity index (χ1v) is 11.6. The van der Waals surface area contributed by atoms with Crippen LogP contribution in [-0.4, -0.2) is 24.5 Å². The average Bonchev–Trinajstić information content (AvgIpc) is 3.53. The zero-order valence-corrected chi connectivity index (χ0v) is 20.0. The lowest BCUT2D eigenvalue weighted by atomic mass is 9.86. The van der Waals surface area contributed by atoms with Gasteiger partial charge >= 0.3 is 12.1 Å². The van der Waals surface area contributed by atoms with Gasteiger partial charge in [0.25, 0.3) is 5.69 Å². The Morgan fingerprint density at radius 2 is 1.69 bits per heavy atom. The van der Waals surface area contributed by atoms with Crippen LogP contribution in [0.2, 0.25) is 0 Å². The van der Waals surface area contributed by atoms with E-state index in [9.17, 15) is 13.2 Å². The Hall–Kier alpha value is -4.08. The molecule has 36 heavy (non-hydrogen) atoms. The van der Waals surface area contributed by atoms with E-state index in [4.69, 9.17) is 0 Å². The van der Waals surface area contributed by atoms with Crippen molar-refractivity contribution >= 4 is 10.8 Å². The van der Waals surface area contributed by atoms with Crippen LogP contribution < -0.4 is 9.13 Å². The Labute approximate surface area is 204 Å². The summed E-state index contributed by atoms with van der Waals surface area (Å²) >= 11 is 0. The molecule has 2 aliphatic heterocycles. The van der Waals surface area contributed by atoms with Crippen molar-refractivity contribution in [3.8, 4) is 22.9 Å².